The van der Waals surface area contributed by atoms with Gasteiger partial charge in [-0.2, -0.15) is 0 Å². The molecular weight excluding hydrogens is 148 g/mol. The molecule has 0 aliphatic heterocycles. The molecular formula is C6H14N2O3. The molecule has 5 nitrogen and oxygen atoms in total. The van der Waals surface area contributed by atoms with Crippen molar-refractivity contribution in [3.8, 4) is 0 Å². The monoisotopic (exact) mass is 162 g/mol. The third-order valence-electron chi connectivity index (χ3n) is 0.632. The van der Waals surface area contributed by atoms with Crippen molar-refractivity contribution in [1.82, 2.24) is 4.90 Å². The molecule has 0 aliphatic rings. The molecule has 0 aliphatic carbocycles. The quantitative estimate of drug-likeness (QED) is 0.335. The lowest BCUT2D eigenvalue weighted by molar-refractivity contribution is -0.513. The normalized spacial score (nSPS) is 8.09. The molecule has 0 N–H and O–H groups in total. The van der Waals surface area contributed by atoms with E-state index in [1.807, 2.05) is 0 Å². The number of hydrogen-bond donors (Lipinski definition) is 0. The Bertz CT molecular complexity index is 123. The third-order valence-corrected chi connectivity index (χ3v) is 0.632. The van der Waals surface area contributed by atoms with Gasteiger partial charge in [-0.05, 0) is 0 Å². The number of amides is 1. The molecule has 5 heteroatoms. The topological polar surface area (TPSA) is 63.5 Å². The van der Waals surface area contributed by atoms with Crippen molar-refractivity contribution in [1.29, 1.82) is 0 Å². The van der Waals surface area contributed by atoms with Crippen LogP contribution in [0.3, 0.4) is 0 Å². The van der Waals surface area contributed by atoms with E-state index in [0.29, 0.717) is 0 Å². The molecule has 0 bridgehead atoms. The molecule has 0 rings (SSSR count). The van der Waals surface area contributed by atoms with Gasteiger partial charge in [0, 0.05) is 32.9 Å². The predicted octanol–water partition coefficient (Wildman–Crippen LogP) is 0.376. The van der Waals surface area contributed by atoms with Gasteiger partial charge in [0.1, 0.15) is 0 Å². The molecule has 0 heterocycles. The van der Waals surface area contributed by atoms with Gasteiger partial charge in [0.05, 0.1) is 0 Å². The van der Waals surface area contributed by atoms with E-state index in [4.69, 9.17) is 0 Å². The SMILES string of the molecule is CC(C)[N+](=O)[O-].CN(C)C=O. The Morgan fingerprint density at radius 3 is 1.64 bits per heavy atom. The second kappa shape index (κ2) is 6.98. The summed E-state index contributed by atoms with van der Waals surface area (Å²) in [5.74, 6) is 0. The molecule has 0 unspecified atom stereocenters. The molecule has 0 spiro atoms. The Labute approximate surface area is 66.1 Å². The summed E-state index contributed by atoms with van der Waals surface area (Å²) in [6, 6.07) is -0.426. The van der Waals surface area contributed by atoms with E-state index < -0.39 is 6.04 Å². The highest BCUT2D eigenvalue weighted by atomic mass is 16.6. The lowest BCUT2D eigenvalue weighted by atomic mass is 10.4. The van der Waals surface area contributed by atoms with E-state index in [-0.39, 0.29) is 4.92 Å². The molecule has 0 atom stereocenters. The summed E-state index contributed by atoms with van der Waals surface area (Å²) in [6.45, 7) is 3.08. The maximum absolute atomic E-state index is 9.50. The summed E-state index contributed by atoms with van der Waals surface area (Å²) in [6.07, 6.45) is 0.750. The summed E-state index contributed by atoms with van der Waals surface area (Å²) >= 11 is 0. The minimum Gasteiger partial charge on any atom is -0.351 e. The third kappa shape index (κ3) is 17.7. The van der Waals surface area contributed by atoms with Gasteiger partial charge in [-0.25, -0.2) is 0 Å². The van der Waals surface area contributed by atoms with Crippen molar-refractivity contribution in [3.63, 3.8) is 0 Å². The van der Waals surface area contributed by atoms with Crippen LogP contribution in [-0.2, 0) is 4.79 Å². The number of hydrogen-bond acceptors (Lipinski definition) is 3. The first-order chi connectivity index (χ1) is 4.91. The van der Waals surface area contributed by atoms with Crippen molar-refractivity contribution >= 4 is 6.41 Å². The van der Waals surface area contributed by atoms with Crippen LogP contribution in [0, 0.1) is 10.1 Å². The van der Waals surface area contributed by atoms with Crippen molar-refractivity contribution in [2.45, 2.75) is 19.9 Å². The van der Waals surface area contributed by atoms with E-state index in [0.717, 1.165) is 6.41 Å². The summed E-state index contributed by atoms with van der Waals surface area (Å²) in [7, 11) is 3.38. The van der Waals surface area contributed by atoms with E-state index in [9.17, 15) is 14.9 Å². The van der Waals surface area contributed by atoms with Gasteiger partial charge in [0.25, 0.3) is 0 Å². The lowest BCUT2D eigenvalue weighted by Gasteiger charge is -1.93. The maximum atomic E-state index is 9.50. The maximum Gasteiger partial charge on any atom is 0.209 e. The zero-order valence-electron chi connectivity index (χ0n) is 7.27. The Balaban J connectivity index is 0. The number of nitrogens with zero attached hydrogens (tertiary/aromatic N) is 2. The van der Waals surface area contributed by atoms with Gasteiger partial charge in [0.15, 0.2) is 0 Å². The van der Waals surface area contributed by atoms with Crippen LogP contribution in [0.25, 0.3) is 0 Å². The Morgan fingerprint density at radius 1 is 1.45 bits per heavy atom. The highest BCUT2D eigenvalue weighted by molar-refractivity contribution is 5.45. The Hall–Kier alpha value is -1.13. The molecule has 11 heavy (non-hydrogen) atoms. The van der Waals surface area contributed by atoms with Gasteiger partial charge in [-0.1, -0.05) is 0 Å². The van der Waals surface area contributed by atoms with Crippen LogP contribution >= 0.6 is 0 Å². The number of carbonyl (C=O) groups is 1. The Kier molecular flexibility index (Phi) is 7.96. The second-order valence-electron chi connectivity index (χ2n) is 2.45. The molecule has 0 aromatic heterocycles. The zero-order valence-corrected chi connectivity index (χ0v) is 7.27. The fraction of sp³-hybridized carbons (Fsp3) is 0.833. The van der Waals surface area contributed by atoms with Crippen LogP contribution in [0.4, 0.5) is 0 Å². The number of carbonyl (C=O) groups excluding carboxylic acids is 1. The fourth-order valence-corrected chi connectivity index (χ4v) is 0. The first kappa shape index (κ1) is 12.5. The van der Waals surface area contributed by atoms with Crippen LogP contribution in [0.2, 0.25) is 0 Å². The smallest absolute Gasteiger partial charge is 0.209 e. The van der Waals surface area contributed by atoms with E-state index in [2.05, 4.69) is 0 Å². The first-order valence-corrected chi connectivity index (χ1v) is 3.17. The van der Waals surface area contributed by atoms with Gasteiger partial charge in [0.2, 0.25) is 12.5 Å². The van der Waals surface area contributed by atoms with Crippen LogP contribution < -0.4 is 0 Å². The average Bonchev–Trinajstić information content (AvgIpc) is 1.89. The Morgan fingerprint density at radius 2 is 1.64 bits per heavy atom. The van der Waals surface area contributed by atoms with Gasteiger partial charge in [-0.3, -0.25) is 14.9 Å². The van der Waals surface area contributed by atoms with Gasteiger partial charge < -0.3 is 4.90 Å². The molecule has 0 aromatic rings. The molecule has 1 amide bonds. The number of rotatable bonds is 2. The average molecular weight is 162 g/mol. The summed E-state index contributed by atoms with van der Waals surface area (Å²) in [4.78, 5) is 20.0. The molecule has 66 valence electrons. The summed E-state index contributed by atoms with van der Waals surface area (Å²) < 4.78 is 0. The van der Waals surface area contributed by atoms with Gasteiger partial charge >= 0.3 is 0 Å². The molecule has 0 saturated heterocycles. The molecule has 0 aromatic carbocycles. The van der Waals surface area contributed by atoms with E-state index >= 15 is 0 Å². The first-order valence-electron chi connectivity index (χ1n) is 3.17. The summed E-state index contributed by atoms with van der Waals surface area (Å²) in [5.41, 5.74) is 0. The number of nitro groups is 1. The largest absolute Gasteiger partial charge is 0.351 e. The van der Waals surface area contributed by atoms with Crippen LogP contribution in [-0.4, -0.2) is 36.4 Å². The van der Waals surface area contributed by atoms with Crippen LogP contribution in [0.1, 0.15) is 13.8 Å². The summed E-state index contributed by atoms with van der Waals surface area (Å²) in [5, 5.41) is 9.50. The van der Waals surface area contributed by atoms with Crippen molar-refractivity contribution in [2.75, 3.05) is 14.1 Å². The van der Waals surface area contributed by atoms with E-state index in [1.54, 1.807) is 27.9 Å². The zero-order chi connectivity index (χ0) is 9.44. The van der Waals surface area contributed by atoms with Crippen molar-refractivity contribution in [2.24, 2.45) is 0 Å². The van der Waals surface area contributed by atoms with Crippen LogP contribution in [0.15, 0.2) is 0 Å². The minimum absolute atomic E-state index is 0.333. The highest BCUT2D eigenvalue weighted by Gasteiger charge is 1.99. The molecule has 0 saturated carbocycles. The van der Waals surface area contributed by atoms with Crippen molar-refractivity contribution < 1.29 is 9.72 Å². The fourth-order valence-electron chi connectivity index (χ4n) is 0. The van der Waals surface area contributed by atoms with Crippen LogP contribution in [0.5, 0.6) is 0 Å². The second-order valence-corrected chi connectivity index (χ2v) is 2.45. The van der Waals surface area contributed by atoms with Crippen molar-refractivity contribution in [3.05, 3.63) is 10.1 Å². The van der Waals surface area contributed by atoms with Gasteiger partial charge in [-0.15, -0.1) is 0 Å². The molecule has 0 radical (unpaired) electrons. The molecule has 0 fully saturated rings. The highest BCUT2D eigenvalue weighted by Crippen LogP contribution is 1.79. The standard InChI is InChI=1S/C3H7NO2.C3H7NO/c1-3(2)4(5)6;1-4(2)3-5/h3H,1-2H3;3H,1-2H3. The predicted molar refractivity (Wildman–Crippen MR) is 41.9 cm³/mol. The minimum atomic E-state index is -0.426. The van der Waals surface area contributed by atoms with E-state index in [1.165, 1.54) is 4.90 Å². The lowest BCUT2D eigenvalue weighted by Crippen LogP contribution is -2.08.